The van der Waals surface area contributed by atoms with E-state index >= 15 is 0 Å². The Morgan fingerprint density at radius 2 is 2.39 bits per heavy atom. The first-order chi connectivity index (χ1) is 8.61. The molecule has 18 heavy (non-hydrogen) atoms. The van der Waals surface area contributed by atoms with E-state index in [2.05, 4.69) is 4.90 Å². The third-order valence-electron chi connectivity index (χ3n) is 3.24. The Balaban J connectivity index is 2.11. The van der Waals surface area contributed by atoms with Gasteiger partial charge in [0.25, 0.3) is 0 Å². The van der Waals surface area contributed by atoms with Crippen LogP contribution < -0.4 is 4.90 Å². The third-order valence-corrected chi connectivity index (χ3v) is 3.24. The van der Waals surface area contributed by atoms with Crippen molar-refractivity contribution >= 4 is 11.7 Å². The number of aromatic carboxylic acids is 1. The number of halogens is 1. The van der Waals surface area contributed by atoms with Crippen LogP contribution in [0.25, 0.3) is 0 Å². The summed E-state index contributed by atoms with van der Waals surface area (Å²) in [6, 6.07) is 4.26. The normalized spacial score (nSPS) is 19.2. The highest BCUT2D eigenvalue weighted by Gasteiger charge is 2.23. The first-order valence-electron chi connectivity index (χ1n) is 5.88. The Bertz CT molecular complexity index is 450. The van der Waals surface area contributed by atoms with Crippen molar-refractivity contribution in [2.24, 2.45) is 5.92 Å². The van der Waals surface area contributed by atoms with Gasteiger partial charge in [-0.15, -0.1) is 0 Å². The van der Waals surface area contributed by atoms with E-state index in [1.54, 1.807) is 13.2 Å². The first-order valence-corrected chi connectivity index (χ1v) is 5.88. The van der Waals surface area contributed by atoms with Gasteiger partial charge in [0, 0.05) is 31.8 Å². The molecule has 0 amide bonds. The number of anilines is 1. The summed E-state index contributed by atoms with van der Waals surface area (Å²) in [6.07, 6.45) is 1.01. The molecular weight excluding hydrogens is 237 g/mol. The van der Waals surface area contributed by atoms with Gasteiger partial charge in [0.2, 0.25) is 0 Å². The van der Waals surface area contributed by atoms with Crippen molar-refractivity contribution in [2.75, 3.05) is 31.7 Å². The highest BCUT2D eigenvalue weighted by atomic mass is 19.1. The van der Waals surface area contributed by atoms with Gasteiger partial charge in [0.15, 0.2) is 0 Å². The maximum Gasteiger partial charge on any atom is 0.338 e. The molecule has 1 aromatic rings. The number of rotatable bonds is 4. The molecule has 4 nitrogen and oxygen atoms in total. The molecule has 0 aliphatic carbocycles. The Hall–Kier alpha value is -1.62. The molecule has 0 spiro atoms. The van der Waals surface area contributed by atoms with Gasteiger partial charge >= 0.3 is 5.97 Å². The van der Waals surface area contributed by atoms with Gasteiger partial charge in [0.05, 0.1) is 12.2 Å². The fourth-order valence-electron chi connectivity index (χ4n) is 2.31. The Morgan fingerprint density at radius 1 is 1.61 bits per heavy atom. The van der Waals surface area contributed by atoms with Gasteiger partial charge in [-0.2, -0.15) is 0 Å². The van der Waals surface area contributed by atoms with Crippen LogP contribution in [0.5, 0.6) is 0 Å². The largest absolute Gasteiger partial charge is 0.478 e. The molecule has 0 bridgehead atoms. The minimum Gasteiger partial charge on any atom is -0.478 e. The molecule has 98 valence electrons. The topological polar surface area (TPSA) is 49.8 Å². The second kappa shape index (κ2) is 5.35. The minimum absolute atomic E-state index is 0.286. The SMILES string of the molecule is COCC1CCN(c2ccc(C(=O)O)c(F)c2)C1. The van der Waals surface area contributed by atoms with Gasteiger partial charge in [-0.1, -0.05) is 0 Å². The standard InChI is InChI=1S/C13H16FNO3/c1-18-8-9-4-5-15(7-9)10-2-3-11(13(16)17)12(14)6-10/h2-3,6,9H,4-5,7-8H2,1H3,(H,16,17). The minimum atomic E-state index is -1.24. The van der Waals surface area contributed by atoms with Crippen molar-refractivity contribution in [3.05, 3.63) is 29.6 Å². The van der Waals surface area contributed by atoms with Gasteiger partial charge in [-0.05, 0) is 24.6 Å². The number of carboxylic acids is 1. The van der Waals surface area contributed by atoms with Crippen LogP contribution in [0.15, 0.2) is 18.2 Å². The van der Waals surface area contributed by atoms with Crippen molar-refractivity contribution < 1.29 is 19.0 Å². The average Bonchev–Trinajstić information content (AvgIpc) is 2.77. The molecule has 1 fully saturated rings. The number of benzene rings is 1. The Kier molecular flexibility index (Phi) is 3.81. The van der Waals surface area contributed by atoms with E-state index in [0.29, 0.717) is 12.5 Å². The van der Waals surface area contributed by atoms with Gasteiger partial charge in [-0.25, -0.2) is 9.18 Å². The monoisotopic (exact) mass is 253 g/mol. The quantitative estimate of drug-likeness (QED) is 0.891. The lowest BCUT2D eigenvalue weighted by Crippen LogP contribution is -2.21. The smallest absolute Gasteiger partial charge is 0.338 e. The van der Waals surface area contributed by atoms with Crippen molar-refractivity contribution in [1.29, 1.82) is 0 Å². The van der Waals surface area contributed by atoms with E-state index < -0.39 is 11.8 Å². The first kappa shape index (κ1) is 12.8. The van der Waals surface area contributed by atoms with E-state index in [1.807, 2.05) is 0 Å². The van der Waals surface area contributed by atoms with E-state index in [9.17, 15) is 9.18 Å². The summed E-state index contributed by atoms with van der Waals surface area (Å²) in [7, 11) is 1.67. The number of hydrogen-bond acceptors (Lipinski definition) is 3. The van der Waals surface area contributed by atoms with Crippen molar-refractivity contribution in [3.8, 4) is 0 Å². The molecule has 0 aromatic heterocycles. The summed E-state index contributed by atoms with van der Waals surface area (Å²) in [5.41, 5.74) is 0.447. The molecule has 5 heteroatoms. The van der Waals surface area contributed by atoms with Crippen LogP contribution in [-0.4, -0.2) is 37.9 Å². The molecule has 0 saturated carbocycles. The van der Waals surface area contributed by atoms with Crippen molar-refractivity contribution in [3.63, 3.8) is 0 Å². The Morgan fingerprint density at radius 3 is 3.00 bits per heavy atom. The number of carbonyl (C=O) groups is 1. The number of hydrogen-bond donors (Lipinski definition) is 1. The second-order valence-corrected chi connectivity index (χ2v) is 4.53. The molecule has 0 radical (unpaired) electrons. The van der Waals surface area contributed by atoms with E-state index in [1.165, 1.54) is 12.1 Å². The highest BCUT2D eigenvalue weighted by Crippen LogP contribution is 2.25. The fourth-order valence-corrected chi connectivity index (χ4v) is 2.31. The van der Waals surface area contributed by atoms with Gasteiger partial charge in [0.1, 0.15) is 5.82 Å². The van der Waals surface area contributed by atoms with Crippen molar-refractivity contribution in [1.82, 2.24) is 0 Å². The molecule has 2 rings (SSSR count). The van der Waals surface area contributed by atoms with Crippen LogP contribution in [-0.2, 0) is 4.74 Å². The zero-order chi connectivity index (χ0) is 13.1. The molecule has 1 saturated heterocycles. The molecule has 1 N–H and O–H groups in total. The summed E-state index contributed by atoms with van der Waals surface area (Å²) >= 11 is 0. The molecule has 1 atom stereocenters. The predicted molar refractivity (Wildman–Crippen MR) is 65.6 cm³/mol. The second-order valence-electron chi connectivity index (χ2n) is 4.53. The van der Waals surface area contributed by atoms with Crippen LogP contribution in [0, 0.1) is 11.7 Å². The lowest BCUT2D eigenvalue weighted by molar-refractivity contribution is 0.0692. The molecule has 1 aromatic carbocycles. The number of ether oxygens (including phenoxy) is 1. The van der Waals surface area contributed by atoms with Crippen LogP contribution in [0.1, 0.15) is 16.8 Å². The van der Waals surface area contributed by atoms with E-state index in [4.69, 9.17) is 9.84 Å². The van der Waals surface area contributed by atoms with Crippen LogP contribution in [0.2, 0.25) is 0 Å². The van der Waals surface area contributed by atoms with Gasteiger partial charge < -0.3 is 14.7 Å². The van der Waals surface area contributed by atoms with Gasteiger partial charge in [-0.3, -0.25) is 0 Å². The maximum absolute atomic E-state index is 13.6. The fraction of sp³-hybridized carbons (Fsp3) is 0.462. The lowest BCUT2D eigenvalue weighted by atomic mass is 10.1. The summed E-state index contributed by atoms with van der Waals surface area (Å²) in [4.78, 5) is 12.8. The maximum atomic E-state index is 13.6. The molecule has 1 aliphatic heterocycles. The summed E-state index contributed by atoms with van der Waals surface area (Å²) in [6.45, 7) is 2.37. The van der Waals surface area contributed by atoms with E-state index in [-0.39, 0.29) is 5.56 Å². The number of methoxy groups -OCH3 is 1. The van der Waals surface area contributed by atoms with Crippen molar-refractivity contribution in [2.45, 2.75) is 6.42 Å². The third kappa shape index (κ3) is 2.61. The summed E-state index contributed by atoms with van der Waals surface area (Å²) in [5, 5.41) is 8.76. The summed E-state index contributed by atoms with van der Waals surface area (Å²) in [5.74, 6) is -1.47. The van der Waals surface area contributed by atoms with E-state index in [0.717, 1.165) is 25.2 Å². The summed E-state index contributed by atoms with van der Waals surface area (Å²) < 4.78 is 18.7. The number of nitrogens with zero attached hydrogens (tertiary/aromatic N) is 1. The molecule has 1 aliphatic rings. The lowest BCUT2D eigenvalue weighted by Gasteiger charge is -2.19. The average molecular weight is 253 g/mol. The molecular formula is C13H16FNO3. The molecule has 1 unspecified atom stereocenters. The number of carboxylic acid groups (broad SMARTS) is 1. The van der Waals surface area contributed by atoms with Crippen LogP contribution in [0.3, 0.4) is 0 Å². The zero-order valence-corrected chi connectivity index (χ0v) is 10.2. The zero-order valence-electron chi connectivity index (χ0n) is 10.2. The highest BCUT2D eigenvalue weighted by molar-refractivity contribution is 5.88. The molecule has 1 heterocycles. The Labute approximate surface area is 105 Å². The van der Waals surface area contributed by atoms with Crippen LogP contribution >= 0.6 is 0 Å². The van der Waals surface area contributed by atoms with Crippen LogP contribution in [0.4, 0.5) is 10.1 Å². The predicted octanol–water partition coefficient (Wildman–Crippen LogP) is 2.00.